The highest BCUT2D eigenvalue weighted by atomic mass is 32.2. The summed E-state index contributed by atoms with van der Waals surface area (Å²) in [6.45, 7) is 6.31. The van der Waals surface area contributed by atoms with Crippen LogP contribution in [0, 0.1) is 0 Å². The summed E-state index contributed by atoms with van der Waals surface area (Å²) < 4.78 is 17.4. The number of hydrogen-bond donors (Lipinski definition) is 2. The maximum atomic E-state index is 12.2. The molecule has 1 amide bonds. The van der Waals surface area contributed by atoms with Crippen molar-refractivity contribution in [1.29, 1.82) is 0 Å². The fraction of sp³-hybridized carbons (Fsp3) is 0.500. The van der Waals surface area contributed by atoms with Crippen LogP contribution in [0.3, 0.4) is 0 Å². The summed E-state index contributed by atoms with van der Waals surface area (Å²) in [5, 5.41) is 11.5. The highest BCUT2D eigenvalue weighted by molar-refractivity contribution is 7.99. The number of carbonyl (C=O) groups excluding carboxylic acids is 1. The quantitative estimate of drug-likeness (QED) is 0.500. The van der Waals surface area contributed by atoms with Crippen molar-refractivity contribution in [2.45, 2.75) is 37.9 Å². The van der Waals surface area contributed by atoms with Gasteiger partial charge in [-0.05, 0) is 17.7 Å². The number of nitrogens with one attached hydrogen (secondary N) is 1. The van der Waals surface area contributed by atoms with Crippen LogP contribution in [0.25, 0.3) is 0 Å². The first-order valence-corrected chi connectivity index (χ1v) is 9.59. The topological polar surface area (TPSA) is 114 Å². The van der Waals surface area contributed by atoms with Crippen LogP contribution in [-0.2, 0) is 16.8 Å². The molecule has 0 aliphatic heterocycles. The number of benzene rings is 1. The molecule has 28 heavy (non-hydrogen) atoms. The van der Waals surface area contributed by atoms with Crippen LogP contribution >= 0.6 is 11.8 Å². The average Bonchev–Trinajstić information content (AvgIpc) is 3.04. The van der Waals surface area contributed by atoms with Gasteiger partial charge >= 0.3 is 0 Å². The number of thioether (sulfide) groups is 1. The first-order valence-electron chi connectivity index (χ1n) is 8.60. The Morgan fingerprint density at radius 2 is 1.75 bits per heavy atom. The van der Waals surface area contributed by atoms with Gasteiger partial charge in [-0.1, -0.05) is 32.5 Å². The fourth-order valence-electron chi connectivity index (χ4n) is 2.51. The lowest BCUT2D eigenvalue weighted by Gasteiger charge is -2.16. The molecule has 2 aromatic rings. The number of hydrogen-bond acceptors (Lipinski definition) is 8. The second-order valence-electron chi connectivity index (χ2n) is 7.03. The largest absolute Gasteiger partial charge is 0.493 e. The molecule has 1 aromatic heterocycles. The van der Waals surface area contributed by atoms with Gasteiger partial charge < -0.3 is 25.4 Å². The molecule has 2 rings (SSSR count). The number of amides is 1. The van der Waals surface area contributed by atoms with Gasteiger partial charge in [-0.15, -0.1) is 10.2 Å². The number of ether oxygens (including phenoxy) is 3. The molecule has 0 unspecified atom stereocenters. The predicted molar refractivity (Wildman–Crippen MR) is 108 cm³/mol. The summed E-state index contributed by atoms with van der Waals surface area (Å²) in [7, 11) is 4.64. The minimum Gasteiger partial charge on any atom is -0.493 e. The highest BCUT2D eigenvalue weighted by Crippen LogP contribution is 2.38. The Labute approximate surface area is 168 Å². The zero-order valence-electron chi connectivity index (χ0n) is 17.0. The Bertz CT molecular complexity index is 807. The molecule has 0 bridgehead atoms. The van der Waals surface area contributed by atoms with Crippen molar-refractivity contribution in [3.8, 4) is 17.2 Å². The monoisotopic (exact) mass is 409 g/mol. The standard InChI is InChI=1S/C18H27N5O4S/c1-18(2,3)16-21-22-17(23(16)19)28-10-14(24)20-9-11-7-12(25-4)15(27-6)13(8-11)26-5/h7-8H,9-10,19H2,1-6H3,(H,20,24). The molecule has 0 spiro atoms. The van der Waals surface area contributed by atoms with Gasteiger partial charge in [0, 0.05) is 12.0 Å². The Kier molecular flexibility index (Phi) is 7.00. The van der Waals surface area contributed by atoms with E-state index in [0.717, 1.165) is 5.56 Å². The summed E-state index contributed by atoms with van der Waals surface area (Å²) in [6.07, 6.45) is 0. The van der Waals surface area contributed by atoms with E-state index >= 15 is 0 Å². The number of aromatic nitrogens is 3. The lowest BCUT2D eigenvalue weighted by molar-refractivity contribution is -0.118. The molecule has 1 heterocycles. The van der Waals surface area contributed by atoms with Gasteiger partial charge in [0.15, 0.2) is 17.3 Å². The van der Waals surface area contributed by atoms with Crippen molar-refractivity contribution in [1.82, 2.24) is 20.2 Å². The summed E-state index contributed by atoms with van der Waals surface area (Å²) in [4.78, 5) is 12.2. The third-order valence-electron chi connectivity index (χ3n) is 3.88. The SMILES string of the molecule is COc1cc(CNC(=O)CSc2nnc(C(C)(C)C)n2N)cc(OC)c1OC. The maximum Gasteiger partial charge on any atom is 0.230 e. The number of carbonyl (C=O) groups is 1. The molecule has 154 valence electrons. The number of rotatable bonds is 8. The van der Waals surface area contributed by atoms with Crippen molar-refractivity contribution in [3.63, 3.8) is 0 Å². The second-order valence-corrected chi connectivity index (χ2v) is 7.97. The van der Waals surface area contributed by atoms with Crippen molar-refractivity contribution in [2.75, 3.05) is 32.9 Å². The third-order valence-corrected chi connectivity index (χ3v) is 4.82. The van der Waals surface area contributed by atoms with Crippen LogP contribution in [0.5, 0.6) is 17.2 Å². The highest BCUT2D eigenvalue weighted by Gasteiger charge is 2.23. The summed E-state index contributed by atoms with van der Waals surface area (Å²) in [6, 6.07) is 3.59. The van der Waals surface area contributed by atoms with Gasteiger partial charge in [0.2, 0.25) is 16.8 Å². The van der Waals surface area contributed by atoms with Crippen LogP contribution in [-0.4, -0.2) is 47.9 Å². The molecule has 0 aliphatic carbocycles. The Morgan fingerprint density at radius 3 is 2.21 bits per heavy atom. The van der Waals surface area contributed by atoms with E-state index in [9.17, 15) is 4.79 Å². The molecule has 0 fully saturated rings. The van der Waals surface area contributed by atoms with Crippen molar-refractivity contribution < 1.29 is 19.0 Å². The maximum absolute atomic E-state index is 12.2. The molecule has 0 saturated heterocycles. The van der Waals surface area contributed by atoms with Crippen LogP contribution in [0.4, 0.5) is 0 Å². The van der Waals surface area contributed by atoms with E-state index in [1.807, 2.05) is 20.8 Å². The Hall–Kier alpha value is -2.62. The summed E-state index contributed by atoms with van der Waals surface area (Å²) in [5.41, 5.74) is 0.597. The average molecular weight is 410 g/mol. The van der Waals surface area contributed by atoms with Crippen LogP contribution in [0.15, 0.2) is 17.3 Å². The third kappa shape index (κ3) is 5.00. The van der Waals surface area contributed by atoms with Gasteiger partial charge in [-0.2, -0.15) is 0 Å². The first kappa shape index (κ1) is 21.7. The molecule has 0 radical (unpaired) electrons. The number of nitrogen functional groups attached to an aromatic ring is 1. The second kappa shape index (κ2) is 9.05. The molecular weight excluding hydrogens is 382 g/mol. The lowest BCUT2D eigenvalue weighted by atomic mass is 9.96. The first-order chi connectivity index (χ1) is 13.2. The van der Waals surface area contributed by atoms with Crippen LogP contribution in [0.2, 0.25) is 0 Å². The molecule has 1 aromatic carbocycles. The van der Waals surface area contributed by atoms with Crippen LogP contribution in [0.1, 0.15) is 32.2 Å². The Balaban J connectivity index is 1.97. The zero-order chi connectivity index (χ0) is 20.9. The Morgan fingerprint density at radius 1 is 1.14 bits per heavy atom. The van der Waals surface area contributed by atoms with E-state index in [4.69, 9.17) is 20.1 Å². The lowest BCUT2D eigenvalue weighted by Crippen LogP contribution is -2.26. The van der Waals surface area contributed by atoms with E-state index in [2.05, 4.69) is 15.5 Å². The van der Waals surface area contributed by atoms with E-state index < -0.39 is 0 Å². The molecule has 0 saturated carbocycles. The molecule has 9 nitrogen and oxygen atoms in total. The molecule has 10 heteroatoms. The molecular formula is C18H27N5O4S. The number of nitrogens with zero attached hydrogens (tertiary/aromatic N) is 3. The zero-order valence-corrected chi connectivity index (χ0v) is 17.8. The normalized spacial score (nSPS) is 11.2. The molecule has 0 atom stereocenters. The van der Waals surface area contributed by atoms with Crippen molar-refractivity contribution >= 4 is 17.7 Å². The van der Waals surface area contributed by atoms with E-state index in [0.29, 0.717) is 34.8 Å². The van der Waals surface area contributed by atoms with E-state index in [1.165, 1.54) is 16.4 Å². The fourth-order valence-corrected chi connectivity index (χ4v) is 3.19. The minimum atomic E-state index is -0.227. The van der Waals surface area contributed by atoms with Gasteiger partial charge in [0.1, 0.15) is 0 Å². The minimum absolute atomic E-state index is 0.154. The van der Waals surface area contributed by atoms with E-state index in [1.54, 1.807) is 33.5 Å². The summed E-state index contributed by atoms with van der Waals surface area (Å²) >= 11 is 1.23. The smallest absolute Gasteiger partial charge is 0.230 e. The summed E-state index contributed by atoms with van der Waals surface area (Å²) in [5.74, 6) is 8.28. The van der Waals surface area contributed by atoms with Gasteiger partial charge in [-0.3, -0.25) is 4.79 Å². The van der Waals surface area contributed by atoms with E-state index in [-0.39, 0.29) is 17.1 Å². The van der Waals surface area contributed by atoms with Crippen LogP contribution < -0.4 is 25.4 Å². The van der Waals surface area contributed by atoms with Gasteiger partial charge in [-0.25, -0.2) is 4.68 Å². The molecule has 0 aliphatic rings. The van der Waals surface area contributed by atoms with Gasteiger partial charge in [0.25, 0.3) is 0 Å². The van der Waals surface area contributed by atoms with Crippen molar-refractivity contribution in [3.05, 3.63) is 23.5 Å². The predicted octanol–water partition coefficient (Wildman–Crippen LogP) is 1.72. The number of nitrogens with two attached hydrogens (primary N) is 1. The van der Waals surface area contributed by atoms with Crippen molar-refractivity contribution in [2.24, 2.45) is 0 Å². The molecule has 3 N–H and O–H groups in total. The van der Waals surface area contributed by atoms with Gasteiger partial charge in [0.05, 0.1) is 27.1 Å². The number of methoxy groups -OCH3 is 3.